The number of likely N-dealkylation sites (tertiary alicyclic amines) is 1. The van der Waals surface area contributed by atoms with Gasteiger partial charge in [-0.1, -0.05) is 36.4 Å². The fourth-order valence-electron chi connectivity index (χ4n) is 5.08. The lowest BCUT2D eigenvalue weighted by Crippen LogP contribution is -2.33. The van der Waals surface area contributed by atoms with Gasteiger partial charge in [0.15, 0.2) is 0 Å². The maximum Gasteiger partial charge on any atom is 0.247 e. The van der Waals surface area contributed by atoms with Crippen LogP contribution in [0.4, 0.5) is 0 Å². The van der Waals surface area contributed by atoms with E-state index in [1.165, 1.54) is 5.56 Å². The quantitative estimate of drug-likeness (QED) is 0.671. The zero-order valence-corrected chi connectivity index (χ0v) is 16.4. The first-order chi connectivity index (χ1) is 13.0. The van der Waals surface area contributed by atoms with E-state index < -0.39 is 5.60 Å². The molecule has 144 valence electrons. The topological polar surface area (TPSA) is 56.3 Å². The van der Waals surface area contributed by atoms with Crippen molar-refractivity contribution < 1.29 is 5.11 Å². The van der Waals surface area contributed by atoms with Gasteiger partial charge in [0.25, 0.3) is 0 Å². The van der Waals surface area contributed by atoms with Crippen molar-refractivity contribution in [2.75, 3.05) is 25.4 Å². The number of aliphatic hydroxyl groups is 1. The highest BCUT2D eigenvalue weighted by Gasteiger charge is 2.48. The fourth-order valence-corrected chi connectivity index (χ4v) is 5.41. The molecule has 2 aromatic rings. The molecule has 2 N–H and O–H groups in total. The number of nitrogens with zero attached hydrogens (tertiary/aromatic N) is 1. The van der Waals surface area contributed by atoms with Gasteiger partial charge in [0, 0.05) is 44.2 Å². The predicted octanol–water partition coefficient (Wildman–Crippen LogP) is 2.70. The zero-order valence-electron chi connectivity index (χ0n) is 15.6. The van der Waals surface area contributed by atoms with Gasteiger partial charge < -0.3 is 15.0 Å². The van der Waals surface area contributed by atoms with Crippen LogP contribution < -0.4 is 5.56 Å². The summed E-state index contributed by atoms with van der Waals surface area (Å²) < 4.78 is 0. The molecule has 5 heteroatoms. The van der Waals surface area contributed by atoms with Gasteiger partial charge >= 0.3 is 0 Å². The number of hydrogen-bond donors (Lipinski definition) is 3. The second-order valence-electron chi connectivity index (χ2n) is 8.40. The van der Waals surface area contributed by atoms with E-state index in [0.29, 0.717) is 17.8 Å². The molecular formula is C22H28N2O2S. The Morgan fingerprint density at radius 2 is 1.85 bits per heavy atom. The van der Waals surface area contributed by atoms with Crippen molar-refractivity contribution in [3.8, 4) is 0 Å². The number of hydrogen-bond acceptors (Lipinski definition) is 4. The highest BCUT2D eigenvalue weighted by molar-refractivity contribution is 7.80. The summed E-state index contributed by atoms with van der Waals surface area (Å²) in [6.07, 6.45) is 4.37. The zero-order chi connectivity index (χ0) is 18.9. The summed E-state index contributed by atoms with van der Waals surface area (Å²) in [5.74, 6) is 2.23. The molecule has 1 saturated heterocycles. The first-order valence-corrected chi connectivity index (χ1v) is 10.5. The maximum absolute atomic E-state index is 11.3. The summed E-state index contributed by atoms with van der Waals surface area (Å²) in [7, 11) is 0. The van der Waals surface area contributed by atoms with E-state index >= 15 is 0 Å². The Balaban J connectivity index is 1.35. The van der Waals surface area contributed by atoms with Gasteiger partial charge in [-0.3, -0.25) is 4.79 Å². The van der Waals surface area contributed by atoms with Gasteiger partial charge in [0.1, 0.15) is 0 Å². The summed E-state index contributed by atoms with van der Waals surface area (Å²) >= 11 is 4.53. The Morgan fingerprint density at radius 3 is 2.44 bits per heavy atom. The van der Waals surface area contributed by atoms with Gasteiger partial charge in [-0.05, 0) is 41.6 Å². The van der Waals surface area contributed by atoms with Crippen LogP contribution in [-0.4, -0.2) is 46.0 Å². The van der Waals surface area contributed by atoms with E-state index in [-0.39, 0.29) is 5.56 Å². The standard InChI is InChI=1S/C22H28N2O2S/c25-21-7-6-17(11-23-21)20(15-27)14-24-12-18-9-22(26,10-19(18)13-24)8-16-4-2-1-3-5-16/h1-7,11,18-20,26-27H,8-10,12-15H2,(H,23,25)/t18-,19+,20?,22?. The number of aromatic nitrogens is 1. The van der Waals surface area contributed by atoms with E-state index in [1.807, 2.05) is 30.5 Å². The van der Waals surface area contributed by atoms with Crippen LogP contribution in [-0.2, 0) is 6.42 Å². The Labute approximate surface area is 166 Å². The number of benzene rings is 1. The summed E-state index contributed by atoms with van der Waals surface area (Å²) in [5, 5.41) is 11.1. The number of pyridine rings is 1. The Kier molecular flexibility index (Phi) is 5.44. The van der Waals surface area contributed by atoms with Crippen LogP contribution in [0, 0.1) is 11.8 Å². The third-order valence-electron chi connectivity index (χ3n) is 6.29. The summed E-state index contributed by atoms with van der Waals surface area (Å²) in [6, 6.07) is 13.8. The average molecular weight is 385 g/mol. The Morgan fingerprint density at radius 1 is 1.15 bits per heavy atom. The fraction of sp³-hybridized carbons (Fsp3) is 0.500. The van der Waals surface area contributed by atoms with Crippen molar-refractivity contribution in [2.45, 2.75) is 30.8 Å². The third-order valence-corrected chi connectivity index (χ3v) is 6.73. The molecule has 0 bridgehead atoms. The molecule has 4 nitrogen and oxygen atoms in total. The normalized spacial score (nSPS) is 29.0. The molecule has 1 aromatic heterocycles. The molecule has 1 aromatic carbocycles. The Hall–Kier alpha value is -1.56. The molecule has 2 fully saturated rings. The molecule has 1 aliphatic heterocycles. The van der Waals surface area contributed by atoms with Crippen molar-refractivity contribution >= 4 is 12.6 Å². The number of rotatable bonds is 6. The number of aromatic amines is 1. The lowest BCUT2D eigenvalue weighted by Gasteiger charge is -2.27. The monoisotopic (exact) mass is 384 g/mol. The minimum atomic E-state index is -0.551. The molecule has 27 heavy (non-hydrogen) atoms. The van der Waals surface area contributed by atoms with Gasteiger partial charge in [-0.15, -0.1) is 0 Å². The second kappa shape index (κ2) is 7.82. The van der Waals surface area contributed by atoms with E-state index in [2.05, 4.69) is 34.6 Å². The Bertz CT molecular complexity index is 788. The maximum atomic E-state index is 11.3. The largest absolute Gasteiger partial charge is 0.390 e. The molecule has 4 rings (SSSR count). The molecule has 2 heterocycles. The average Bonchev–Trinajstić information content (AvgIpc) is 3.15. The molecule has 2 aliphatic rings. The minimum absolute atomic E-state index is 0.0647. The molecule has 1 aliphatic carbocycles. The molecule has 0 amide bonds. The smallest absolute Gasteiger partial charge is 0.247 e. The van der Waals surface area contributed by atoms with E-state index in [0.717, 1.165) is 50.2 Å². The van der Waals surface area contributed by atoms with Gasteiger partial charge in [-0.2, -0.15) is 12.6 Å². The van der Waals surface area contributed by atoms with Crippen LogP contribution in [0.2, 0.25) is 0 Å². The minimum Gasteiger partial charge on any atom is -0.390 e. The summed E-state index contributed by atoms with van der Waals surface area (Å²) in [5.41, 5.74) is 1.75. The molecule has 2 unspecified atom stereocenters. The second-order valence-corrected chi connectivity index (χ2v) is 8.76. The van der Waals surface area contributed by atoms with Crippen LogP contribution in [0.5, 0.6) is 0 Å². The van der Waals surface area contributed by atoms with Gasteiger partial charge in [-0.25, -0.2) is 0 Å². The summed E-state index contributed by atoms with van der Waals surface area (Å²) in [4.78, 5) is 16.6. The molecule has 4 atom stereocenters. The molecule has 0 radical (unpaired) electrons. The highest BCUT2D eigenvalue weighted by Crippen LogP contribution is 2.45. The van der Waals surface area contributed by atoms with Crippen molar-refractivity contribution in [3.63, 3.8) is 0 Å². The van der Waals surface area contributed by atoms with Crippen LogP contribution in [0.15, 0.2) is 53.5 Å². The van der Waals surface area contributed by atoms with Gasteiger partial charge in [0.05, 0.1) is 5.60 Å². The van der Waals surface area contributed by atoms with E-state index in [9.17, 15) is 9.90 Å². The van der Waals surface area contributed by atoms with E-state index in [4.69, 9.17) is 0 Å². The van der Waals surface area contributed by atoms with E-state index in [1.54, 1.807) is 6.07 Å². The van der Waals surface area contributed by atoms with Crippen LogP contribution in [0.3, 0.4) is 0 Å². The molecule has 0 spiro atoms. The highest BCUT2D eigenvalue weighted by atomic mass is 32.1. The van der Waals surface area contributed by atoms with Crippen molar-refractivity contribution in [1.82, 2.24) is 9.88 Å². The van der Waals surface area contributed by atoms with Crippen molar-refractivity contribution in [2.24, 2.45) is 11.8 Å². The van der Waals surface area contributed by atoms with Crippen molar-refractivity contribution in [3.05, 3.63) is 70.1 Å². The SMILES string of the molecule is O=c1ccc(C(CS)CN2C[C@@H]3CC(O)(Cc4ccccc4)C[C@@H]3C2)c[nH]1. The third kappa shape index (κ3) is 4.31. The number of fused-ring (bicyclic) bond motifs is 1. The van der Waals surface area contributed by atoms with Crippen LogP contribution >= 0.6 is 12.6 Å². The number of nitrogens with one attached hydrogen (secondary N) is 1. The molecule has 1 saturated carbocycles. The van der Waals surface area contributed by atoms with Crippen LogP contribution in [0.1, 0.15) is 29.9 Å². The van der Waals surface area contributed by atoms with Crippen molar-refractivity contribution in [1.29, 1.82) is 0 Å². The first-order valence-electron chi connectivity index (χ1n) is 9.83. The lowest BCUT2D eigenvalue weighted by atomic mass is 9.91. The lowest BCUT2D eigenvalue weighted by molar-refractivity contribution is 0.0353. The molecular weight excluding hydrogens is 356 g/mol. The van der Waals surface area contributed by atoms with Crippen LogP contribution in [0.25, 0.3) is 0 Å². The van der Waals surface area contributed by atoms with Gasteiger partial charge in [0.2, 0.25) is 5.56 Å². The number of H-pyrrole nitrogens is 1. The first kappa shape index (κ1) is 18.8. The number of thiol groups is 1. The predicted molar refractivity (Wildman–Crippen MR) is 111 cm³/mol. The summed E-state index contributed by atoms with van der Waals surface area (Å²) in [6.45, 7) is 3.06.